The van der Waals surface area contributed by atoms with Crippen LogP contribution in [0, 0.1) is 0 Å². The monoisotopic (exact) mass is 259 g/mol. The number of hydrogen-bond donors (Lipinski definition) is 1. The Morgan fingerprint density at radius 3 is 2.81 bits per heavy atom. The Morgan fingerprint density at radius 1 is 1.50 bits per heavy atom. The van der Waals surface area contributed by atoms with E-state index in [2.05, 4.69) is 22.2 Å². The first kappa shape index (κ1) is 13.3. The van der Waals surface area contributed by atoms with Gasteiger partial charge in [0, 0.05) is 6.54 Å². The summed E-state index contributed by atoms with van der Waals surface area (Å²) in [5, 5.41) is 3.87. The van der Waals surface area contributed by atoms with E-state index in [1.54, 1.807) is 0 Å². The molecule has 6 heteroatoms. The highest BCUT2D eigenvalue weighted by Gasteiger charge is 2.11. The van der Waals surface area contributed by atoms with Gasteiger partial charge in [-0.15, -0.1) is 0 Å². The molecule has 1 aromatic heterocycles. The second kappa shape index (κ2) is 6.70. The van der Waals surface area contributed by atoms with Gasteiger partial charge in [-0.2, -0.15) is 0 Å². The lowest BCUT2D eigenvalue weighted by Gasteiger charge is -2.09. The normalized spacial score (nSPS) is 10.2. The summed E-state index contributed by atoms with van der Waals surface area (Å²) in [6.45, 7) is 2.88. The molecule has 0 unspecified atom stereocenters. The fourth-order valence-corrected chi connectivity index (χ4v) is 1.77. The molecule has 1 N–H and O–H groups in total. The average molecular weight is 260 g/mol. The number of aldehydes is 1. The van der Waals surface area contributed by atoms with Crippen LogP contribution in [0.3, 0.4) is 0 Å². The Morgan fingerprint density at radius 2 is 2.25 bits per heavy atom. The maximum Gasteiger partial charge on any atom is 0.190 e. The number of rotatable bonds is 6. The van der Waals surface area contributed by atoms with Crippen molar-refractivity contribution in [2.24, 2.45) is 0 Å². The van der Waals surface area contributed by atoms with E-state index in [1.165, 1.54) is 11.8 Å². The fourth-order valence-electron chi connectivity index (χ4n) is 1.14. The smallest absolute Gasteiger partial charge is 0.190 e. The topological polar surface area (TPSA) is 54.9 Å². The molecule has 0 aliphatic carbocycles. The van der Waals surface area contributed by atoms with Crippen LogP contribution in [0.5, 0.6) is 0 Å². The van der Waals surface area contributed by atoms with Gasteiger partial charge >= 0.3 is 0 Å². The van der Waals surface area contributed by atoms with E-state index in [1.807, 2.05) is 6.26 Å². The van der Waals surface area contributed by atoms with Gasteiger partial charge in [-0.25, -0.2) is 9.97 Å². The van der Waals surface area contributed by atoms with Crippen LogP contribution >= 0.6 is 23.4 Å². The van der Waals surface area contributed by atoms with Crippen molar-refractivity contribution in [3.8, 4) is 0 Å². The van der Waals surface area contributed by atoms with Crippen LogP contribution < -0.4 is 5.32 Å². The lowest BCUT2D eigenvalue weighted by molar-refractivity contribution is 0.112. The van der Waals surface area contributed by atoms with Crippen LogP contribution in [0.1, 0.15) is 30.1 Å². The lowest BCUT2D eigenvalue weighted by atomic mass is 10.3. The highest BCUT2D eigenvalue weighted by atomic mass is 35.5. The summed E-state index contributed by atoms with van der Waals surface area (Å²) in [4.78, 5) is 19.1. The van der Waals surface area contributed by atoms with E-state index in [4.69, 9.17) is 11.6 Å². The summed E-state index contributed by atoms with van der Waals surface area (Å²) < 4.78 is 0. The molecular weight excluding hydrogens is 246 g/mol. The summed E-state index contributed by atoms with van der Waals surface area (Å²) >= 11 is 7.28. The first-order valence-corrected chi connectivity index (χ1v) is 6.63. The molecule has 0 fully saturated rings. The standard InChI is InChI=1S/C10H14ClN3OS/c1-3-4-5-12-9-7(6-15)8(11)13-10(14-9)16-2/h6H,3-5H2,1-2H3,(H,12,13,14). The van der Waals surface area contributed by atoms with Crippen LogP contribution in [0.25, 0.3) is 0 Å². The van der Waals surface area contributed by atoms with E-state index in [9.17, 15) is 4.79 Å². The van der Waals surface area contributed by atoms with Crippen molar-refractivity contribution >= 4 is 35.5 Å². The largest absolute Gasteiger partial charge is 0.369 e. The maximum absolute atomic E-state index is 10.9. The van der Waals surface area contributed by atoms with Gasteiger partial charge in [0.25, 0.3) is 0 Å². The number of carbonyl (C=O) groups excluding carboxylic acids is 1. The van der Waals surface area contributed by atoms with Gasteiger partial charge in [0.2, 0.25) is 0 Å². The Labute approximate surface area is 104 Å². The van der Waals surface area contributed by atoms with Gasteiger partial charge < -0.3 is 5.32 Å². The van der Waals surface area contributed by atoms with E-state index < -0.39 is 0 Å². The van der Waals surface area contributed by atoms with Crippen LogP contribution in [-0.2, 0) is 0 Å². The third-order valence-corrected chi connectivity index (χ3v) is 2.84. The number of thioether (sulfide) groups is 1. The Bertz CT molecular complexity index is 373. The molecule has 4 nitrogen and oxygen atoms in total. The quantitative estimate of drug-likeness (QED) is 0.280. The van der Waals surface area contributed by atoms with Crippen LogP contribution in [0.2, 0.25) is 5.15 Å². The van der Waals surface area contributed by atoms with Gasteiger partial charge in [-0.3, -0.25) is 4.79 Å². The molecule has 88 valence electrons. The number of anilines is 1. The molecule has 16 heavy (non-hydrogen) atoms. The van der Waals surface area contributed by atoms with E-state index >= 15 is 0 Å². The molecule has 0 amide bonds. The van der Waals surface area contributed by atoms with Crippen molar-refractivity contribution in [1.29, 1.82) is 0 Å². The fraction of sp³-hybridized carbons (Fsp3) is 0.500. The van der Waals surface area contributed by atoms with Gasteiger partial charge in [0.05, 0.1) is 5.56 Å². The summed E-state index contributed by atoms with van der Waals surface area (Å²) in [5.41, 5.74) is 0.329. The Hall–Kier alpha value is -0.810. The molecule has 0 bridgehead atoms. The van der Waals surface area contributed by atoms with Gasteiger partial charge in [-0.05, 0) is 12.7 Å². The Balaban J connectivity index is 2.93. The van der Waals surface area contributed by atoms with Crippen molar-refractivity contribution in [3.05, 3.63) is 10.7 Å². The molecule has 1 heterocycles. The maximum atomic E-state index is 10.9. The minimum atomic E-state index is 0.202. The predicted octanol–water partition coefficient (Wildman–Crippen LogP) is 2.88. The van der Waals surface area contributed by atoms with Crippen molar-refractivity contribution in [1.82, 2.24) is 9.97 Å². The minimum absolute atomic E-state index is 0.202. The zero-order valence-corrected chi connectivity index (χ0v) is 10.9. The summed E-state index contributed by atoms with van der Waals surface area (Å²) in [5.74, 6) is 0.521. The molecule has 0 saturated carbocycles. The number of aromatic nitrogens is 2. The number of hydrogen-bond acceptors (Lipinski definition) is 5. The molecule has 0 saturated heterocycles. The number of halogens is 1. The summed E-state index contributed by atoms with van der Waals surface area (Å²) in [6.07, 6.45) is 4.65. The van der Waals surface area contributed by atoms with Crippen molar-refractivity contribution in [2.45, 2.75) is 24.9 Å². The number of carbonyl (C=O) groups is 1. The predicted molar refractivity (Wildman–Crippen MR) is 67.6 cm³/mol. The molecule has 0 aliphatic rings. The minimum Gasteiger partial charge on any atom is -0.369 e. The molecule has 0 aromatic carbocycles. The van der Waals surface area contributed by atoms with E-state index in [0.717, 1.165) is 19.4 Å². The van der Waals surface area contributed by atoms with Crippen LogP contribution in [-0.4, -0.2) is 29.1 Å². The van der Waals surface area contributed by atoms with E-state index in [0.29, 0.717) is 22.8 Å². The second-order valence-corrected chi connectivity index (χ2v) is 4.29. The van der Waals surface area contributed by atoms with Crippen molar-refractivity contribution < 1.29 is 4.79 Å². The van der Waals surface area contributed by atoms with Gasteiger partial charge in [0.15, 0.2) is 11.4 Å². The number of unbranched alkanes of at least 4 members (excludes halogenated alkanes) is 1. The molecule has 1 rings (SSSR count). The first-order valence-electron chi connectivity index (χ1n) is 5.03. The highest BCUT2D eigenvalue weighted by Crippen LogP contribution is 2.22. The van der Waals surface area contributed by atoms with Crippen LogP contribution in [0.15, 0.2) is 5.16 Å². The highest BCUT2D eigenvalue weighted by molar-refractivity contribution is 7.98. The summed E-state index contributed by atoms with van der Waals surface area (Å²) in [7, 11) is 0. The zero-order chi connectivity index (χ0) is 12.0. The van der Waals surface area contributed by atoms with Crippen molar-refractivity contribution in [2.75, 3.05) is 18.1 Å². The zero-order valence-electron chi connectivity index (χ0n) is 9.29. The molecule has 1 aromatic rings. The van der Waals surface area contributed by atoms with Crippen LogP contribution in [0.4, 0.5) is 5.82 Å². The van der Waals surface area contributed by atoms with Gasteiger partial charge in [-0.1, -0.05) is 36.7 Å². The lowest BCUT2D eigenvalue weighted by Crippen LogP contribution is -2.08. The van der Waals surface area contributed by atoms with Crippen molar-refractivity contribution in [3.63, 3.8) is 0 Å². The summed E-state index contributed by atoms with van der Waals surface area (Å²) in [6, 6.07) is 0. The number of nitrogens with zero attached hydrogens (tertiary/aromatic N) is 2. The third kappa shape index (κ3) is 3.35. The molecular formula is C10H14ClN3OS. The van der Waals surface area contributed by atoms with Gasteiger partial charge in [0.1, 0.15) is 11.0 Å². The first-order chi connectivity index (χ1) is 7.72. The molecule has 0 radical (unpaired) electrons. The average Bonchev–Trinajstić information content (AvgIpc) is 2.29. The van der Waals surface area contributed by atoms with E-state index in [-0.39, 0.29) is 5.15 Å². The molecule has 0 spiro atoms. The molecule has 0 atom stereocenters. The number of nitrogens with one attached hydrogen (secondary N) is 1. The third-order valence-electron chi connectivity index (χ3n) is 2.00. The Kier molecular flexibility index (Phi) is 5.55. The SMILES string of the molecule is CCCCNc1nc(SC)nc(Cl)c1C=O. The second-order valence-electron chi connectivity index (χ2n) is 3.16. The molecule has 0 aliphatic heterocycles.